The van der Waals surface area contributed by atoms with Gasteiger partial charge in [-0.1, -0.05) is 30.7 Å². The van der Waals surface area contributed by atoms with Crippen molar-refractivity contribution in [2.75, 3.05) is 6.61 Å². The fourth-order valence-electron chi connectivity index (χ4n) is 5.12. The number of amides is 1. The SMILES string of the molecule is CCOC(=O)CCC(=O)N(C1CC1)C1c2ccccc2CC2CCCC21. The van der Waals surface area contributed by atoms with Gasteiger partial charge in [0.15, 0.2) is 0 Å². The zero-order valence-electron chi connectivity index (χ0n) is 15.7. The second kappa shape index (κ2) is 7.42. The highest BCUT2D eigenvalue weighted by molar-refractivity contribution is 5.82. The number of carbonyl (C=O) groups is 2. The molecule has 3 unspecified atom stereocenters. The summed E-state index contributed by atoms with van der Waals surface area (Å²) in [4.78, 5) is 27.0. The van der Waals surface area contributed by atoms with E-state index in [2.05, 4.69) is 29.2 Å². The van der Waals surface area contributed by atoms with Gasteiger partial charge in [-0.05, 0) is 62.0 Å². The van der Waals surface area contributed by atoms with Crippen LogP contribution in [0.3, 0.4) is 0 Å². The molecule has 3 aliphatic rings. The molecule has 3 aliphatic carbocycles. The predicted octanol–water partition coefficient (Wildman–Crippen LogP) is 4.03. The maximum absolute atomic E-state index is 13.1. The van der Waals surface area contributed by atoms with Crippen LogP contribution in [0.2, 0.25) is 0 Å². The molecule has 4 nitrogen and oxygen atoms in total. The number of benzene rings is 1. The summed E-state index contributed by atoms with van der Waals surface area (Å²) in [5.74, 6) is 1.15. The van der Waals surface area contributed by atoms with Crippen molar-refractivity contribution in [3.63, 3.8) is 0 Å². The zero-order valence-corrected chi connectivity index (χ0v) is 15.7. The largest absolute Gasteiger partial charge is 0.466 e. The van der Waals surface area contributed by atoms with Crippen molar-refractivity contribution in [2.24, 2.45) is 11.8 Å². The summed E-state index contributed by atoms with van der Waals surface area (Å²) >= 11 is 0. The van der Waals surface area contributed by atoms with Gasteiger partial charge >= 0.3 is 5.97 Å². The van der Waals surface area contributed by atoms with Crippen molar-refractivity contribution in [2.45, 2.75) is 70.4 Å². The van der Waals surface area contributed by atoms with Gasteiger partial charge in [0.1, 0.15) is 0 Å². The monoisotopic (exact) mass is 355 g/mol. The van der Waals surface area contributed by atoms with Crippen molar-refractivity contribution < 1.29 is 14.3 Å². The molecule has 26 heavy (non-hydrogen) atoms. The smallest absolute Gasteiger partial charge is 0.306 e. The van der Waals surface area contributed by atoms with E-state index in [9.17, 15) is 9.59 Å². The predicted molar refractivity (Wildman–Crippen MR) is 99.5 cm³/mol. The highest BCUT2D eigenvalue weighted by Gasteiger charge is 2.47. The van der Waals surface area contributed by atoms with Gasteiger partial charge in [0.05, 0.1) is 19.1 Å². The van der Waals surface area contributed by atoms with Crippen LogP contribution in [-0.4, -0.2) is 29.4 Å². The Hall–Kier alpha value is -1.84. The Morgan fingerprint density at radius 2 is 1.92 bits per heavy atom. The molecule has 1 aromatic carbocycles. The molecule has 0 spiro atoms. The van der Waals surface area contributed by atoms with Crippen LogP contribution in [0.25, 0.3) is 0 Å². The first-order valence-electron chi connectivity index (χ1n) is 10.2. The van der Waals surface area contributed by atoms with Crippen molar-refractivity contribution in [3.05, 3.63) is 35.4 Å². The zero-order chi connectivity index (χ0) is 18.1. The molecule has 0 radical (unpaired) electrons. The summed E-state index contributed by atoms with van der Waals surface area (Å²) in [6.07, 6.45) is 7.59. The van der Waals surface area contributed by atoms with E-state index in [-0.39, 0.29) is 30.8 Å². The van der Waals surface area contributed by atoms with Gasteiger partial charge in [-0.25, -0.2) is 0 Å². The Morgan fingerprint density at radius 3 is 2.69 bits per heavy atom. The van der Waals surface area contributed by atoms with Crippen LogP contribution in [-0.2, 0) is 20.7 Å². The van der Waals surface area contributed by atoms with E-state index in [1.807, 2.05) is 0 Å². The van der Waals surface area contributed by atoms with Gasteiger partial charge in [0, 0.05) is 12.5 Å². The second-order valence-electron chi connectivity index (χ2n) is 8.04. The first-order valence-corrected chi connectivity index (χ1v) is 10.2. The third kappa shape index (κ3) is 3.38. The summed E-state index contributed by atoms with van der Waals surface area (Å²) in [6, 6.07) is 9.26. The highest BCUT2D eigenvalue weighted by Crippen LogP contribution is 2.52. The Bertz CT molecular complexity index is 682. The van der Waals surface area contributed by atoms with Gasteiger partial charge in [0.25, 0.3) is 0 Å². The molecule has 4 heteroatoms. The molecule has 0 aromatic heterocycles. The molecule has 0 saturated heterocycles. The minimum absolute atomic E-state index is 0.132. The number of nitrogens with zero attached hydrogens (tertiary/aromatic N) is 1. The maximum Gasteiger partial charge on any atom is 0.306 e. The number of hydrogen-bond donors (Lipinski definition) is 0. The topological polar surface area (TPSA) is 46.6 Å². The molecule has 0 aliphatic heterocycles. The van der Waals surface area contributed by atoms with Crippen LogP contribution in [0.15, 0.2) is 24.3 Å². The molecule has 140 valence electrons. The van der Waals surface area contributed by atoms with Crippen molar-refractivity contribution in [3.8, 4) is 0 Å². The first kappa shape index (κ1) is 17.6. The number of carbonyl (C=O) groups excluding carboxylic acids is 2. The number of ether oxygens (including phenoxy) is 1. The number of fused-ring (bicyclic) bond motifs is 2. The van der Waals surface area contributed by atoms with Gasteiger partial charge < -0.3 is 9.64 Å². The summed E-state index contributed by atoms with van der Waals surface area (Å²) < 4.78 is 5.01. The molecule has 1 amide bonds. The van der Waals surface area contributed by atoms with E-state index < -0.39 is 0 Å². The van der Waals surface area contributed by atoms with Crippen LogP contribution >= 0.6 is 0 Å². The summed E-state index contributed by atoms with van der Waals surface area (Å²) in [5, 5.41) is 0. The molecular weight excluding hydrogens is 326 g/mol. The molecule has 2 fully saturated rings. The van der Waals surface area contributed by atoms with E-state index in [0.29, 0.717) is 24.5 Å². The summed E-state index contributed by atoms with van der Waals surface area (Å²) in [5.41, 5.74) is 2.77. The van der Waals surface area contributed by atoms with Crippen LogP contribution in [0, 0.1) is 11.8 Å². The average molecular weight is 355 g/mol. The minimum atomic E-state index is -0.264. The third-order valence-corrected chi connectivity index (χ3v) is 6.36. The molecule has 1 aromatic rings. The normalized spacial score (nSPS) is 26.7. The van der Waals surface area contributed by atoms with Gasteiger partial charge in [-0.2, -0.15) is 0 Å². The summed E-state index contributed by atoms with van der Waals surface area (Å²) in [6.45, 7) is 2.18. The molecule has 0 N–H and O–H groups in total. The molecule has 0 heterocycles. The Morgan fingerprint density at radius 1 is 1.12 bits per heavy atom. The highest BCUT2D eigenvalue weighted by atomic mass is 16.5. The molecule has 2 saturated carbocycles. The van der Waals surface area contributed by atoms with Crippen molar-refractivity contribution in [1.29, 1.82) is 0 Å². The molecule has 4 rings (SSSR count). The number of hydrogen-bond acceptors (Lipinski definition) is 3. The summed E-state index contributed by atoms with van der Waals surface area (Å²) in [7, 11) is 0. The van der Waals surface area contributed by atoms with Crippen molar-refractivity contribution >= 4 is 11.9 Å². The van der Waals surface area contributed by atoms with E-state index >= 15 is 0 Å². The number of esters is 1. The minimum Gasteiger partial charge on any atom is -0.466 e. The fraction of sp³-hybridized carbons (Fsp3) is 0.636. The lowest BCUT2D eigenvalue weighted by Gasteiger charge is -2.43. The van der Waals surface area contributed by atoms with Gasteiger partial charge in [-0.3, -0.25) is 9.59 Å². The lowest BCUT2D eigenvalue weighted by atomic mass is 9.73. The molecule has 0 bridgehead atoms. The first-order chi connectivity index (χ1) is 12.7. The van der Waals surface area contributed by atoms with Crippen LogP contribution in [0.1, 0.15) is 69.0 Å². The lowest BCUT2D eigenvalue weighted by Crippen LogP contribution is -2.43. The van der Waals surface area contributed by atoms with E-state index in [1.165, 1.54) is 30.4 Å². The number of rotatable bonds is 6. The average Bonchev–Trinajstić information content (AvgIpc) is 3.36. The van der Waals surface area contributed by atoms with E-state index in [4.69, 9.17) is 4.74 Å². The molecule has 3 atom stereocenters. The van der Waals surface area contributed by atoms with Crippen LogP contribution in [0.4, 0.5) is 0 Å². The Kier molecular flexibility index (Phi) is 5.01. The van der Waals surface area contributed by atoms with Crippen molar-refractivity contribution in [1.82, 2.24) is 4.90 Å². The van der Waals surface area contributed by atoms with Crippen LogP contribution in [0.5, 0.6) is 0 Å². The van der Waals surface area contributed by atoms with Gasteiger partial charge in [-0.15, -0.1) is 0 Å². The lowest BCUT2D eigenvalue weighted by molar-refractivity contribution is -0.147. The fourth-order valence-corrected chi connectivity index (χ4v) is 5.12. The standard InChI is InChI=1S/C22H29NO3/c1-2-26-21(25)13-12-20(24)23(17-10-11-17)22-18-8-4-3-6-15(18)14-16-7-5-9-19(16)22/h3-4,6,8,16-17,19,22H,2,5,7,9-14H2,1H3. The molecular formula is C22H29NO3. The quantitative estimate of drug-likeness (QED) is 0.724. The Labute approximate surface area is 155 Å². The maximum atomic E-state index is 13.1. The third-order valence-electron chi connectivity index (χ3n) is 6.36. The second-order valence-corrected chi connectivity index (χ2v) is 8.04. The Balaban J connectivity index is 1.59. The van der Waals surface area contributed by atoms with E-state index in [0.717, 1.165) is 19.3 Å². The van der Waals surface area contributed by atoms with Crippen LogP contribution < -0.4 is 0 Å². The van der Waals surface area contributed by atoms with E-state index in [1.54, 1.807) is 6.92 Å². The van der Waals surface area contributed by atoms with Gasteiger partial charge in [0.2, 0.25) is 5.91 Å².